The van der Waals surface area contributed by atoms with Crippen LogP contribution in [0, 0.1) is 0 Å². The van der Waals surface area contributed by atoms with Crippen molar-refractivity contribution in [1.29, 1.82) is 0 Å². The third-order valence-corrected chi connectivity index (χ3v) is 2.50. The van der Waals surface area contributed by atoms with Gasteiger partial charge in [0.1, 0.15) is 11.4 Å². The van der Waals surface area contributed by atoms with Crippen LogP contribution < -0.4 is 15.6 Å². The quantitative estimate of drug-likeness (QED) is 0.763. The van der Waals surface area contributed by atoms with E-state index in [-0.39, 0.29) is 11.4 Å². The Morgan fingerprint density at radius 1 is 1.14 bits per heavy atom. The SMILES string of the molecule is O=C(O)COc1ccccc1NC(=O)c1cccc(=O)[nH]1. The second-order valence-electron chi connectivity index (χ2n) is 4.06. The molecule has 0 spiro atoms. The number of aliphatic carboxylic acids is 1. The van der Waals surface area contributed by atoms with Crippen molar-refractivity contribution in [3.63, 3.8) is 0 Å². The Kier molecular flexibility index (Phi) is 4.35. The van der Waals surface area contributed by atoms with E-state index in [4.69, 9.17) is 9.84 Å². The molecule has 2 aromatic rings. The molecule has 1 heterocycles. The number of aromatic amines is 1. The van der Waals surface area contributed by atoms with Crippen LogP contribution in [0.15, 0.2) is 47.3 Å². The van der Waals surface area contributed by atoms with E-state index in [0.29, 0.717) is 5.69 Å². The van der Waals surface area contributed by atoms with Crippen LogP contribution in [-0.2, 0) is 4.79 Å². The highest BCUT2D eigenvalue weighted by molar-refractivity contribution is 6.03. The molecule has 108 valence electrons. The smallest absolute Gasteiger partial charge is 0.341 e. The minimum absolute atomic E-state index is 0.0931. The highest BCUT2D eigenvalue weighted by Gasteiger charge is 2.11. The Morgan fingerprint density at radius 2 is 1.90 bits per heavy atom. The molecule has 1 aromatic heterocycles. The summed E-state index contributed by atoms with van der Waals surface area (Å²) in [5, 5.41) is 11.2. The van der Waals surface area contributed by atoms with Crippen molar-refractivity contribution in [2.24, 2.45) is 0 Å². The highest BCUT2D eigenvalue weighted by Crippen LogP contribution is 2.24. The standard InChI is InChI=1S/C14H12N2O5/c17-12-7-3-5-10(15-12)14(20)16-9-4-1-2-6-11(9)21-8-13(18)19/h1-7H,8H2,(H,15,17)(H,16,20)(H,18,19). The summed E-state index contributed by atoms with van der Waals surface area (Å²) < 4.78 is 5.07. The predicted octanol–water partition coefficient (Wildman–Crippen LogP) is 1.09. The van der Waals surface area contributed by atoms with Crippen LogP contribution in [0.1, 0.15) is 10.5 Å². The molecule has 0 bridgehead atoms. The molecule has 0 saturated heterocycles. The molecule has 7 nitrogen and oxygen atoms in total. The topological polar surface area (TPSA) is 108 Å². The number of rotatable bonds is 5. The van der Waals surface area contributed by atoms with Crippen LogP contribution >= 0.6 is 0 Å². The Morgan fingerprint density at radius 3 is 2.62 bits per heavy atom. The molecule has 0 atom stereocenters. The van der Waals surface area contributed by atoms with Crippen LogP contribution in [0.4, 0.5) is 5.69 Å². The van der Waals surface area contributed by atoms with Crippen LogP contribution in [-0.4, -0.2) is 28.6 Å². The summed E-state index contributed by atoms with van der Waals surface area (Å²) in [6, 6.07) is 10.6. The highest BCUT2D eigenvalue weighted by atomic mass is 16.5. The first kappa shape index (κ1) is 14.3. The molecule has 1 aromatic carbocycles. The van der Waals surface area contributed by atoms with Crippen molar-refractivity contribution in [2.45, 2.75) is 0 Å². The van der Waals surface area contributed by atoms with E-state index in [1.165, 1.54) is 24.3 Å². The number of pyridine rings is 1. The molecule has 0 radical (unpaired) electrons. The fourth-order valence-corrected chi connectivity index (χ4v) is 1.61. The fraction of sp³-hybridized carbons (Fsp3) is 0.0714. The van der Waals surface area contributed by atoms with Crippen LogP contribution in [0.5, 0.6) is 5.75 Å². The summed E-state index contributed by atoms with van der Waals surface area (Å²) in [7, 11) is 0. The number of hydrogen-bond donors (Lipinski definition) is 3. The third kappa shape index (κ3) is 3.93. The van der Waals surface area contributed by atoms with Gasteiger partial charge in [-0.25, -0.2) is 4.79 Å². The zero-order valence-electron chi connectivity index (χ0n) is 10.8. The Balaban J connectivity index is 2.17. The van der Waals surface area contributed by atoms with E-state index < -0.39 is 24.0 Å². The largest absolute Gasteiger partial charge is 0.480 e. The number of carboxylic acids is 1. The lowest BCUT2D eigenvalue weighted by Crippen LogP contribution is -2.18. The van der Waals surface area contributed by atoms with Crippen molar-refractivity contribution < 1.29 is 19.4 Å². The number of carboxylic acid groups (broad SMARTS) is 1. The molecule has 0 fully saturated rings. The molecule has 0 aliphatic carbocycles. The van der Waals surface area contributed by atoms with Gasteiger partial charge in [0, 0.05) is 6.07 Å². The van der Waals surface area contributed by atoms with Gasteiger partial charge in [0.25, 0.3) is 5.91 Å². The number of carbonyl (C=O) groups excluding carboxylic acids is 1. The number of para-hydroxylation sites is 2. The maximum Gasteiger partial charge on any atom is 0.341 e. The number of H-pyrrole nitrogens is 1. The Hall–Kier alpha value is -3.09. The maximum atomic E-state index is 12.0. The number of benzene rings is 1. The number of ether oxygens (including phenoxy) is 1. The van der Waals surface area contributed by atoms with Crippen molar-refractivity contribution in [1.82, 2.24) is 4.98 Å². The number of hydrogen-bond acceptors (Lipinski definition) is 4. The summed E-state index contributed by atoms with van der Waals surface area (Å²) >= 11 is 0. The van der Waals surface area contributed by atoms with Crippen LogP contribution in [0.2, 0.25) is 0 Å². The van der Waals surface area contributed by atoms with Crippen molar-refractivity contribution in [2.75, 3.05) is 11.9 Å². The van der Waals surface area contributed by atoms with E-state index in [1.807, 2.05) is 0 Å². The summed E-state index contributed by atoms with van der Waals surface area (Å²) in [5.74, 6) is -1.42. The second kappa shape index (κ2) is 6.38. The van der Waals surface area contributed by atoms with Gasteiger partial charge in [0.15, 0.2) is 6.61 Å². The second-order valence-corrected chi connectivity index (χ2v) is 4.06. The minimum atomic E-state index is -1.12. The van der Waals surface area contributed by atoms with E-state index in [2.05, 4.69) is 10.3 Å². The normalized spacial score (nSPS) is 9.90. The summed E-state index contributed by atoms with van der Waals surface area (Å²) in [5.41, 5.74) is 0.0158. The molecular formula is C14H12N2O5. The van der Waals surface area contributed by atoms with Gasteiger partial charge in [-0.3, -0.25) is 9.59 Å². The van der Waals surface area contributed by atoms with E-state index >= 15 is 0 Å². The fourth-order valence-electron chi connectivity index (χ4n) is 1.61. The van der Waals surface area contributed by atoms with Gasteiger partial charge in [-0.2, -0.15) is 0 Å². The van der Waals surface area contributed by atoms with Gasteiger partial charge in [-0.15, -0.1) is 0 Å². The van der Waals surface area contributed by atoms with Crippen molar-refractivity contribution >= 4 is 17.6 Å². The monoisotopic (exact) mass is 288 g/mol. The van der Waals surface area contributed by atoms with Crippen LogP contribution in [0.25, 0.3) is 0 Å². The first-order valence-electron chi connectivity index (χ1n) is 6.00. The Labute approximate surface area is 119 Å². The predicted molar refractivity (Wildman–Crippen MR) is 74.6 cm³/mol. The van der Waals surface area contributed by atoms with E-state index in [0.717, 1.165) is 0 Å². The lowest BCUT2D eigenvalue weighted by atomic mass is 10.2. The average molecular weight is 288 g/mol. The first-order chi connectivity index (χ1) is 10.1. The lowest BCUT2D eigenvalue weighted by Gasteiger charge is -2.11. The first-order valence-corrected chi connectivity index (χ1v) is 6.00. The molecule has 0 aliphatic heterocycles. The van der Waals surface area contributed by atoms with Gasteiger partial charge >= 0.3 is 5.97 Å². The number of nitrogens with one attached hydrogen (secondary N) is 2. The number of aromatic nitrogens is 1. The van der Waals surface area contributed by atoms with Gasteiger partial charge < -0.3 is 20.1 Å². The molecule has 1 amide bonds. The van der Waals surface area contributed by atoms with E-state index in [1.54, 1.807) is 18.2 Å². The van der Waals surface area contributed by atoms with Gasteiger partial charge in [-0.05, 0) is 18.2 Å². The van der Waals surface area contributed by atoms with Crippen molar-refractivity contribution in [3.8, 4) is 5.75 Å². The summed E-state index contributed by atoms with van der Waals surface area (Å²) in [4.78, 5) is 36.1. The molecule has 2 rings (SSSR count). The Bertz CT molecular complexity index is 723. The number of carbonyl (C=O) groups is 2. The third-order valence-electron chi connectivity index (χ3n) is 2.50. The zero-order valence-corrected chi connectivity index (χ0v) is 10.8. The average Bonchev–Trinajstić information content (AvgIpc) is 2.46. The van der Waals surface area contributed by atoms with Crippen LogP contribution in [0.3, 0.4) is 0 Å². The molecule has 0 aliphatic rings. The number of amides is 1. The minimum Gasteiger partial charge on any atom is -0.480 e. The maximum absolute atomic E-state index is 12.0. The molecule has 0 unspecified atom stereocenters. The molecular weight excluding hydrogens is 276 g/mol. The summed E-state index contributed by atoms with van der Waals surface area (Å²) in [6.07, 6.45) is 0. The van der Waals surface area contributed by atoms with Gasteiger partial charge in [0.05, 0.1) is 5.69 Å². The van der Waals surface area contributed by atoms with E-state index in [9.17, 15) is 14.4 Å². The van der Waals surface area contributed by atoms with Gasteiger partial charge in [0.2, 0.25) is 5.56 Å². The lowest BCUT2D eigenvalue weighted by molar-refractivity contribution is -0.139. The molecule has 3 N–H and O–H groups in total. The number of anilines is 1. The summed E-state index contributed by atoms with van der Waals surface area (Å²) in [6.45, 7) is -0.519. The molecule has 0 saturated carbocycles. The molecule has 7 heteroatoms. The van der Waals surface area contributed by atoms with Gasteiger partial charge in [-0.1, -0.05) is 18.2 Å². The zero-order chi connectivity index (χ0) is 15.2. The molecule has 21 heavy (non-hydrogen) atoms. The van der Waals surface area contributed by atoms with Crippen molar-refractivity contribution in [3.05, 3.63) is 58.5 Å².